The number of aromatic amines is 1. The van der Waals surface area contributed by atoms with E-state index in [0.717, 1.165) is 23.4 Å². The first-order chi connectivity index (χ1) is 9.63. The lowest BCUT2D eigenvalue weighted by Gasteiger charge is -2.06. The van der Waals surface area contributed by atoms with Crippen LogP contribution < -0.4 is 5.56 Å². The molecule has 20 heavy (non-hydrogen) atoms. The van der Waals surface area contributed by atoms with E-state index >= 15 is 0 Å². The molecule has 3 nitrogen and oxygen atoms in total. The molecule has 0 saturated heterocycles. The van der Waals surface area contributed by atoms with Gasteiger partial charge in [0.15, 0.2) is 0 Å². The molecule has 1 aromatic carbocycles. The Balaban J connectivity index is 1.77. The summed E-state index contributed by atoms with van der Waals surface area (Å²) < 4.78 is 13.4. The number of nitrogens with zero attached hydrogens (tertiary/aromatic N) is 1. The summed E-state index contributed by atoms with van der Waals surface area (Å²) in [7, 11) is 0. The molecule has 0 amide bonds. The van der Waals surface area contributed by atoms with E-state index in [-0.39, 0.29) is 11.4 Å². The van der Waals surface area contributed by atoms with Crippen LogP contribution in [0.2, 0.25) is 0 Å². The van der Waals surface area contributed by atoms with Crippen molar-refractivity contribution >= 4 is 27.7 Å². The van der Waals surface area contributed by atoms with Crippen LogP contribution in [-0.2, 0) is 5.75 Å². The van der Waals surface area contributed by atoms with Gasteiger partial charge < -0.3 is 4.98 Å². The molecule has 0 unspecified atom stereocenters. The van der Waals surface area contributed by atoms with Gasteiger partial charge in [0, 0.05) is 10.8 Å². The Bertz CT molecular complexity index is 683. The molecule has 6 heteroatoms. The zero-order chi connectivity index (χ0) is 14.1. The summed E-state index contributed by atoms with van der Waals surface area (Å²) in [6.45, 7) is 0. The molecule has 0 spiro atoms. The van der Waals surface area contributed by atoms with Gasteiger partial charge in [0.1, 0.15) is 16.1 Å². The van der Waals surface area contributed by atoms with Crippen molar-refractivity contribution < 1.29 is 4.39 Å². The minimum atomic E-state index is -0.249. The van der Waals surface area contributed by atoms with Crippen LogP contribution >= 0.6 is 27.7 Å². The van der Waals surface area contributed by atoms with E-state index in [1.54, 1.807) is 12.1 Å². The largest absolute Gasteiger partial charge is 0.309 e. The summed E-state index contributed by atoms with van der Waals surface area (Å²) in [5.41, 5.74) is 0.736. The maximum Gasteiger partial charge on any atom is 0.265 e. The van der Waals surface area contributed by atoms with Crippen molar-refractivity contribution in [2.24, 2.45) is 0 Å². The SMILES string of the molecule is O=c1[nH]c(CSc2ccc(F)cc2)nc(C2CC2)c1Br. The number of thioether (sulfide) groups is 1. The molecule has 104 valence electrons. The van der Waals surface area contributed by atoms with Crippen molar-refractivity contribution in [3.8, 4) is 0 Å². The maximum atomic E-state index is 12.8. The molecule has 1 aliphatic carbocycles. The van der Waals surface area contributed by atoms with E-state index in [9.17, 15) is 9.18 Å². The fourth-order valence-corrected chi connectivity index (χ4v) is 3.18. The van der Waals surface area contributed by atoms with Gasteiger partial charge in [-0.25, -0.2) is 9.37 Å². The minimum absolute atomic E-state index is 0.128. The van der Waals surface area contributed by atoms with Crippen molar-refractivity contribution in [1.29, 1.82) is 0 Å². The summed E-state index contributed by atoms with van der Waals surface area (Å²) in [5.74, 6) is 1.39. The van der Waals surface area contributed by atoms with E-state index in [2.05, 4.69) is 25.9 Å². The Kier molecular flexibility index (Phi) is 3.94. The quantitative estimate of drug-likeness (QED) is 0.848. The molecular weight excluding hydrogens is 343 g/mol. The first kappa shape index (κ1) is 13.8. The molecule has 1 N–H and O–H groups in total. The van der Waals surface area contributed by atoms with Crippen LogP contribution in [0, 0.1) is 5.82 Å². The van der Waals surface area contributed by atoms with Gasteiger partial charge in [-0.15, -0.1) is 11.8 Å². The number of benzene rings is 1. The summed E-state index contributed by atoms with van der Waals surface area (Å²) in [6.07, 6.45) is 2.19. The maximum absolute atomic E-state index is 12.8. The highest BCUT2D eigenvalue weighted by Crippen LogP contribution is 2.41. The number of halogens is 2. The van der Waals surface area contributed by atoms with Crippen molar-refractivity contribution in [3.63, 3.8) is 0 Å². The second-order valence-electron chi connectivity index (χ2n) is 4.73. The molecule has 3 rings (SSSR count). The predicted octanol–water partition coefficient (Wildman–Crippen LogP) is 3.84. The third kappa shape index (κ3) is 3.12. The zero-order valence-corrected chi connectivity index (χ0v) is 12.9. The van der Waals surface area contributed by atoms with Crippen LogP contribution in [0.25, 0.3) is 0 Å². The highest BCUT2D eigenvalue weighted by atomic mass is 79.9. The number of hydrogen-bond donors (Lipinski definition) is 1. The van der Waals surface area contributed by atoms with E-state index in [1.165, 1.54) is 23.9 Å². The molecule has 0 bridgehead atoms. The highest BCUT2D eigenvalue weighted by molar-refractivity contribution is 9.10. The van der Waals surface area contributed by atoms with E-state index < -0.39 is 0 Å². The molecule has 0 atom stereocenters. The molecule has 1 fully saturated rings. The number of H-pyrrole nitrogens is 1. The first-order valence-electron chi connectivity index (χ1n) is 6.30. The van der Waals surface area contributed by atoms with E-state index in [4.69, 9.17) is 0 Å². The van der Waals surface area contributed by atoms with Gasteiger partial charge in [-0.1, -0.05) is 0 Å². The van der Waals surface area contributed by atoms with E-state index in [1.807, 2.05) is 0 Å². The van der Waals surface area contributed by atoms with Gasteiger partial charge in [-0.05, 0) is 53.0 Å². The average Bonchev–Trinajstić information content (AvgIpc) is 3.26. The average molecular weight is 355 g/mol. The smallest absolute Gasteiger partial charge is 0.265 e. The fourth-order valence-electron chi connectivity index (χ4n) is 1.90. The summed E-state index contributed by atoms with van der Waals surface area (Å²) in [5, 5.41) is 0. The molecule has 1 aromatic heterocycles. The minimum Gasteiger partial charge on any atom is -0.309 e. The fraction of sp³-hybridized carbons (Fsp3) is 0.286. The van der Waals surface area contributed by atoms with Crippen LogP contribution in [0.5, 0.6) is 0 Å². The van der Waals surface area contributed by atoms with Gasteiger partial charge in [-0.3, -0.25) is 4.79 Å². The number of nitrogens with one attached hydrogen (secondary N) is 1. The van der Waals surface area contributed by atoms with Crippen molar-refractivity contribution in [2.75, 3.05) is 0 Å². The Labute approximate surface area is 128 Å². The lowest BCUT2D eigenvalue weighted by molar-refractivity contribution is 0.626. The van der Waals surface area contributed by atoms with Gasteiger partial charge in [0.2, 0.25) is 0 Å². The molecule has 2 aromatic rings. The van der Waals surface area contributed by atoms with Crippen LogP contribution in [0.3, 0.4) is 0 Å². The van der Waals surface area contributed by atoms with Gasteiger partial charge in [0.05, 0.1) is 11.4 Å². The number of hydrogen-bond acceptors (Lipinski definition) is 3. The summed E-state index contributed by atoms with van der Waals surface area (Å²) >= 11 is 4.83. The molecule has 0 radical (unpaired) electrons. The molecule has 0 aliphatic heterocycles. The monoisotopic (exact) mass is 354 g/mol. The van der Waals surface area contributed by atoms with Crippen molar-refractivity contribution in [3.05, 3.63) is 56.4 Å². The van der Waals surface area contributed by atoms with Crippen molar-refractivity contribution in [2.45, 2.75) is 29.4 Å². The van der Waals surface area contributed by atoms with Crippen LogP contribution in [0.15, 0.2) is 38.4 Å². The second kappa shape index (κ2) is 5.69. The normalized spacial score (nSPS) is 14.5. The topological polar surface area (TPSA) is 45.8 Å². The van der Waals surface area contributed by atoms with Crippen LogP contribution in [-0.4, -0.2) is 9.97 Å². The summed E-state index contributed by atoms with van der Waals surface area (Å²) in [4.78, 5) is 20.1. The zero-order valence-electron chi connectivity index (χ0n) is 10.5. The first-order valence-corrected chi connectivity index (χ1v) is 8.08. The van der Waals surface area contributed by atoms with Gasteiger partial charge in [-0.2, -0.15) is 0 Å². The lowest BCUT2D eigenvalue weighted by Crippen LogP contribution is -2.14. The molecular formula is C14H12BrFN2OS. The molecule has 1 saturated carbocycles. The van der Waals surface area contributed by atoms with Crippen molar-refractivity contribution in [1.82, 2.24) is 9.97 Å². The van der Waals surface area contributed by atoms with Crippen LogP contribution in [0.4, 0.5) is 4.39 Å². The van der Waals surface area contributed by atoms with Gasteiger partial charge >= 0.3 is 0 Å². The lowest BCUT2D eigenvalue weighted by atomic mass is 10.3. The van der Waals surface area contributed by atoms with Gasteiger partial charge in [0.25, 0.3) is 5.56 Å². The molecule has 1 heterocycles. The third-order valence-corrected chi connectivity index (χ3v) is 4.88. The second-order valence-corrected chi connectivity index (χ2v) is 6.57. The number of rotatable bonds is 4. The Morgan fingerprint density at radius 3 is 2.70 bits per heavy atom. The molecule has 1 aliphatic rings. The Morgan fingerprint density at radius 1 is 1.35 bits per heavy atom. The summed E-state index contributed by atoms with van der Waals surface area (Å²) in [6, 6.07) is 6.29. The standard InChI is InChI=1S/C14H12BrFN2OS/c15-12-13(8-1-2-8)17-11(18-14(12)19)7-20-10-5-3-9(16)4-6-10/h3-6,8H,1-2,7H2,(H,17,18,19). The highest BCUT2D eigenvalue weighted by Gasteiger charge is 2.28. The predicted molar refractivity (Wildman–Crippen MR) is 80.5 cm³/mol. The Hall–Kier alpha value is -1.14. The third-order valence-electron chi connectivity index (χ3n) is 3.09. The number of aromatic nitrogens is 2. The van der Waals surface area contributed by atoms with E-state index in [0.29, 0.717) is 22.0 Å². The van der Waals surface area contributed by atoms with Crippen LogP contribution in [0.1, 0.15) is 30.3 Å². The Morgan fingerprint density at radius 2 is 2.05 bits per heavy atom.